The molecule has 52 heavy (non-hydrogen) atoms. The number of rotatable bonds is 20. The lowest BCUT2D eigenvalue weighted by molar-refractivity contribution is -0.143. The van der Waals surface area contributed by atoms with E-state index in [0.29, 0.717) is 25.5 Å². The second-order valence-electron chi connectivity index (χ2n) is 14.4. The Balaban J connectivity index is 1.19. The van der Waals surface area contributed by atoms with Crippen LogP contribution in [0.5, 0.6) is 5.75 Å². The topological polar surface area (TPSA) is 185 Å². The Morgan fingerprint density at radius 3 is 2.44 bits per heavy atom. The van der Waals surface area contributed by atoms with Gasteiger partial charge in [-0.2, -0.15) is 0 Å². The molecule has 3 aromatic rings. The van der Waals surface area contributed by atoms with Gasteiger partial charge in [0.15, 0.2) is 0 Å². The number of aliphatic hydroxyl groups excluding tert-OH is 5. The van der Waals surface area contributed by atoms with Crippen molar-refractivity contribution in [1.82, 2.24) is 20.5 Å². The number of ether oxygens (including phenoxy) is 1. The Kier molecular flexibility index (Phi) is 13.4. The maximum absolute atomic E-state index is 13.2. The van der Waals surface area contributed by atoms with Crippen molar-refractivity contribution in [3.05, 3.63) is 83.2 Å². The van der Waals surface area contributed by atoms with Gasteiger partial charge in [0.1, 0.15) is 30.2 Å². The Hall–Kier alpha value is -3.91. The van der Waals surface area contributed by atoms with E-state index >= 15 is 0 Å². The first-order chi connectivity index (χ1) is 25.0. The van der Waals surface area contributed by atoms with Crippen LogP contribution in [0, 0.1) is 6.92 Å². The summed E-state index contributed by atoms with van der Waals surface area (Å²) in [6, 6.07) is 16.8. The maximum Gasteiger partial charge on any atom is 0.239 e. The van der Waals surface area contributed by atoms with Gasteiger partial charge in [-0.3, -0.25) is 14.6 Å². The number of carbonyl (C=O) groups is 2. The Labute approximate surface area is 305 Å². The molecule has 0 aliphatic heterocycles. The van der Waals surface area contributed by atoms with E-state index in [-0.39, 0.29) is 30.3 Å². The zero-order valence-corrected chi connectivity index (χ0v) is 30.4. The van der Waals surface area contributed by atoms with Crippen molar-refractivity contribution >= 4 is 11.8 Å². The van der Waals surface area contributed by atoms with Gasteiger partial charge in [-0.25, -0.2) is 0 Å². The van der Waals surface area contributed by atoms with E-state index in [1.165, 1.54) is 23.7 Å². The molecule has 5 rings (SSSR count). The normalized spacial score (nSPS) is 17.8. The molecule has 0 radical (unpaired) electrons. The number of aliphatic hydroxyl groups is 5. The second-order valence-corrected chi connectivity index (χ2v) is 14.4. The maximum atomic E-state index is 13.2. The van der Waals surface area contributed by atoms with Gasteiger partial charge in [-0.05, 0) is 91.3 Å². The van der Waals surface area contributed by atoms with Crippen LogP contribution in [0.15, 0.2) is 60.9 Å². The molecule has 2 aliphatic rings. The molecule has 2 fully saturated rings. The van der Waals surface area contributed by atoms with Crippen LogP contribution in [0.1, 0.15) is 80.0 Å². The average molecular weight is 719 g/mol. The third-order valence-corrected chi connectivity index (χ3v) is 10.4. The predicted octanol–water partition coefficient (Wildman–Crippen LogP) is 2.66. The summed E-state index contributed by atoms with van der Waals surface area (Å²) < 4.78 is 6.27. The summed E-state index contributed by atoms with van der Waals surface area (Å²) in [7, 11) is 1.43. The number of aromatic nitrogens is 1. The van der Waals surface area contributed by atoms with E-state index in [9.17, 15) is 30.0 Å². The number of pyridine rings is 1. The monoisotopic (exact) mass is 718 g/mol. The molecular formula is C40H54N4O8. The van der Waals surface area contributed by atoms with Crippen molar-refractivity contribution in [3.63, 3.8) is 0 Å². The zero-order chi connectivity index (χ0) is 37.4. The van der Waals surface area contributed by atoms with Gasteiger partial charge >= 0.3 is 0 Å². The summed E-state index contributed by atoms with van der Waals surface area (Å²) in [6.07, 6.45) is 2.69. The molecule has 5 unspecified atom stereocenters. The largest absolute Gasteiger partial charge is 0.490 e. The van der Waals surface area contributed by atoms with Gasteiger partial charge in [-0.15, -0.1) is 0 Å². The Morgan fingerprint density at radius 1 is 1.02 bits per heavy atom. The quantitative estimate of drug-likeness (QED) is 0.0917. The van der Waals surface area contributed by atoms with Crippen LogP contribution in [0.4, 0.5) is 0 Å². The van der Waals surface area contributed by atoms with Crippen LogP contribution in [0.3, 0.4) is 0 Å². The summed E-state index contributed by atoms with van der Waals surface area (Å²) in [4.78, 5) is 31.0. The SMILES string of the molecule is CNC(=O)CN(CC(O)C(O)C(O)C(O)CO)C(=O)CCCC(C)c1ccc(C)c(CNC2(c3cnccc3-c3ccccc3OC3CC3)CC2)c1. The highest BCUT2D eigenvalue weighted by molar-refractivity contribution is 5.84. The van der Waals surface area contributed by atoms with E-state index in [2.05, 4.69) is 71.9 Å². The number of nitrogens with one attached hydrogen (secondary N) is 2. The molecule has 1 aromatic heterocycles. The standard InChI is InChI=1S/C40H54N4O8/c1-25(7-6-10-37(49)44(23-36(48)41-3)22-33(46)38(50)39(51)34(47)24-45)27-12-11-26(2)28(19-27)20-43-40(16-17-40)32-21-42-18-15-30(32)31-8-4-5-9-35(31)52-29-13-14-29/h4-5,8-9,11-12,15,18-19,21,25,29,33-34,38-39,43,45-47,50-51H,6-7,10,13-14,16-17,20,22-24H2,1-3H3,(H,41,48). The molecule has 1 heterocycles. The number of likely N-dealkylation sites (N-methyl/N-ethyl adjacent to an activating group) is 1. The molecular weight excluding hydrogens is 664 g/mol. The fourth-order valence-electron chi connectivity index (χ4n) is 6.58. The van der Waals surface area contributed by atoms with E-state index in [0.717, 1.165) is 53.0 Å². The molecule has 5 atom stereocenters. The lowest BCUT2D eigenvalue weighted by Crippen LogP contribution is -2.52. The minimum Gasteiger partial charge on any atom is -0.490 e. The smallest absolute Gasteiger partial charge is 0.239 e. The van der Waals surface area contributed by atoms with Crippen molar-refractivity contribution in [2.24, 2.45) is 0 Å². The Morgan fingerprint density at radius 2 is 1.75 bits per heavy atom. The number of aryl methyl sites for hydroxylation is 1. The third kappa shape index (κ3) is 9.94. The van der Waals surface area contributed by atoms with Gasteiger partial charge in [0.2, 0.25) is 11.8 Å². The number of benzene rings is 2. The van der Waals surface area contributed by atoms with Crippen molar-refractivity contribution in [1.29, 1.82) is 0 Å². The number of carbonyl (C=O) groups excluding carboxylic acids is 2. The minimum atomic E-state index is -1.84. The van der Waals surface area contributed by atoms with Gasteiger partial charge in [0.05, 0.1) is 19.3 Å². The number of hydrogen-bond donors (Lipinski definition) is 7. The van der Waals surface area contributed by atoms with E-state index in [1.807, 2.05) is 18.5 Å². The first-order valence-corrected chi connectivity index (χ1v) is 18.3. The fourth-order valence-corrected chi connectivity index (χ4v) is 6.58. The lowest BCUT2D eigenvalue weighted by Gasteiger charge is -2.30. The number of hydrogen-bond acceptors (Lipinski definition) is 10. The van der Waals surface area contributed by atoms with E-state index in [1.54, 1.807) is 0 Å². The Bertz CT molecular complexity index is 1660. The van der Waals surface area contributed by atoms with Crippen molar-refractivity contribution in [2.45, 2.75) is 107 Å². The molecule has 7 N–H and O–H groups in total. The minimum absolute atomic E-state index is 0.108. The molecule has 2 saturated carbocycles. The number of para-hydroxylation sites is 1. The fraction of sp³-hybridized carbons (Fsp3) is 0.525. The summed E-state index contributed by atoms with van der Waals surface area (Å²) in [5.74, 6) is 0.210. The van der Waals surface area contributed by atoms with Crippen molar-refractivity contribution in [2.75, 3.05) is 26.7 Å². The second kappa shape index (κ2) is 17.7. The van der Waals surface area contributed by atoms with Crippen molar-refractivity contribution < 1.29 is 39.9 Å². The van der Waals surface area contributed by atoms with Crippen LogP contribution < -0.4 is 15.4 Å². The number of nitrogens with zero attached hydrogens (tertiary/aromatic N) is 2. The number of amides is 2. The highest BCUT2D eigenvalue weighted by Crippen LogP contribution is 2.50. The highest BCUT2D eigenvalue weighted by Gasteiger charge is 2.46. The van der Waals surface area contributed by atoms with E-state index < -0.39 is 43.5 Å². The lowest BCUT2D eigenvalue weighted by atomic mass is 9.91. The van der Waals surface area contributed by atoms with Gasteiger partial charge in [-0.1, -0.05) is 43.3 Å². The summed E-state index contributed by atoms with van der Waals surface area (Å²) in [5.41, 5.74) is 6.78. The van der Waals surface area contributed by atoms with Crippen LogP contribution in [0.25, 0.3) is 11.1 Å². The summed E-state index contributed by atoms with van der Waals surface area (Å²) >= 11 is 0. The molecule has 2 aliphatic carbocycles. The third-order valence-electron chi connectivity index (χ3n) is 10.4. The van der Waals surface area contributed by atoms with Gasteiger partial charge < -0.3 is 45.8 Å². The zero-order valence-electron chi connectivity index (χ0n) is 30.4. The summed E-state index contributed by atoms with van der Waals surface area (Å²) in [5, 5.41) is 55.7. The molecule has 0 saturated heterocycles. The molecule has 12 heteroatoms. The molecule has 2 aromatic carbocycles. The first-order valence-electron chi connectivity index (χ1n) is 18.3. The summed E-state index contributed by atoms with van der Waals surface area (Å²) in [6.45, 7) is 3.32. The van der Waals surface area contributed by atoms with Crippen LogP contribution >= 0.6 is 0 Å². The van der Waals surface area contributed by atoms with Crippen molar-refractivity contribution in [3.8, 4) is 16.9 Å². The molecule has 0 bridgehead atoms. The van der Waals surface area contributed by atoms with Gasteiger partial charge in [0.25, 0.3) is 0 Å². The molecule has 0 spiro atoms. The highest BCUT2D eigenvalue weighted by atomic mass is 16.5. The van der Waals surface area contributed by atoms with Crippen LogP contribution in [0.2, 0.25) is 0 Å². The molecule has 12 nitrogen and oxygen atoms in total. The van der Waals surface area contributed by atoms with Gasteiger partial charge in [0, 0.05) is 50.1 Å². The first kappa shape index (κ1) is 39.3. The van der Waals surface area contributed by atoms with Crippen LogP contribution in [-0.2, 0) is 21.7 Å². The predicted molar refractivity (Wildman–Crippen MR) is 196 cm³/mol. The molecule has 2 amide bonds. The van der Waals surface area contributed by atoms with E-state index in [4.69, 9.17) is 9.84 Å². The molecule has 282 valence electrons. The average Bonchev–Trinajstić information content (AvgIpc) is 4.11. The van der Waals surface area contributed by atoms with Crippen LogP contribution in [-0.4, -0.2) is 104 Å².